The predicted octanol–water partition coefficient (Wildman–Crippen LogP) is 10.1. The molecule has 4 nitrogen and oxygen atoms in total. The molecule has 204 valence electrons. The number of rotatable bonds is 2. The Balaban J connectivity index is 1.55. The molecule has 10 aromatic rings. The van der Waals surface area contributed by atoms with Crippen LogP contribution in [0.15, 0.2) is 146 Å². The van der Waals surface area contributed by atoms with Crippen LogP contribution >= 0.6 is 0 Å². The third-order valence-corrected chi connectivity index (χ3v) is 9.06. The average molecular weight is 561 g/mol. The summed E-state index contributed by atoms with van der Waals surface area (Å²) in [7, 11) is 0. The van der Waals surface area contributed by atoms with Gasteiger partial charge in [0.05, 0.1) is 38.6 Å². The van der Waals surface area contributed by atoms with Gasteiger partial charge in [0.2, 0.25) is 0 Å². The minimum atomic E-state index is 0.829. The van der Waals surface area contributed by atoms with Crippen LogP contribution in [0.2, 0.25) is 0 Å². The van der Waals surface area contributed by atoms with E-state index in [-0.39, 0.29) is 0 Å². The lowest BCUT2D eigenvalue weighted by molar-refractivity contribution is 1.08. The summed E-state index contributed by atoms with van der Waals surface area (Å²) in [6.07, 6.45) is 0. The Bertz CT molecular complexity index is 2770. The van der Waals surface area contributed by atoms with Gasteiger partial charge < -0.3 is 4.40 Å². The molecule has 10 rings (SSSR count). The highest BCUT2D eigenvalue weighted by molar-refractivity contribution is 6.29. The Morgan fingerprint density at radius 1 is 0.386 bits per heavy atom. The van der Waals surface area contributed by atoms with E-state index >= 15 is 0 Å². The van der Waals surface area contributed by atoms with E-state index in [0.29, 0.717) is 0 Å². The molecule has 0 saturated heterocycles. The highest BCUT2D eigenvalue weighted by Gasteiger charge is 2.25. The quantitative estimate of drug-likeness (QED) is 0.211. The van der Waals surface area contributed by atoms with Crippen LogP contribution in [0.25, 0.3) is 88.0 Å². The lowest BCUT2D eigenvalue weighted by Gasteiger charge is -2.14. The SMILES string of the molecule is c1ccc(-c2nc3ccccc3nc2-n2c3cccc4c5ccccc5c5ccccc5n5c6ccccc6c2c5c43)cc1. The first-order chi connectivity index (χ1) is 21.9. The van der Waals surface area contributed by atoms with E-state index < -0.39 is 0 Å². The van der Waals surface area contributed by atoms with Crippen LogP contribution in [-0.2, 0) is 0 Å². The largest absolute Gasteiger partial charge is 0.306 e. The molecule has 0 bridgehead atoms. The Morgan fingerprint density at radius 2 is 0.932 bits per heavy atom. The van der Waals surface area contributed by atoms with Crippen molar-refractivity contribution in [3.63, 3.8) is 0 Å². The van der Waals surface area contributed by atoms with Crippen molar-refractivity contribution in [3.05, 3.63) is 146 Å². The van der Waals surface area contributed by atoms with Crippen molar-refractivity contribution in [2.45, 2.75) is 0 Å². The second-order valence-electron chi connectivity index (χ2n) is 11.4. The van der Waals surface area contributed by atoms with Crippen molar-refractivity contribution in [1.82, 2.24) is 18.9 Å². The summed E-state index contributed by atoms with van der Waals surface area (Å²) in [6.45, 7) is 0. The maximum atomic E-state index is 5.39. The molecule has 0 fully saturated rings. The normalized spacial score (nSPS) is 12.1. The lowest BCUT2D eigenvalue weighted by Crippen LogP contribution is -2.03. The molecular weight excluding hydrogens is 536 g/mol. The Morgan fingerprint density at radius 3 is 1.70 bits per heavy atom. The van der Waals surface area contributed by atoms with Crippen LogP contribution in [0.5, 0.6) is 0 Å². The summed E-state index contributed by atoms with van der Waals surface area (Å²) in [5.74, 6) is 0.829. The van der Waals surface area contributed by atoms with Gasteiger partial charge in [0, 0.05) is 21.7 Å². The van der Waals surface area contributed by atoms with Crippen molar-refractivity contribution >= 4 is 70.9 Å². The molecule has 6 aromatic carbocycles. The van der Waals surface area contributed by atoms with Crippen molar-refractivity contribution in [3.8, 4) is 17.1 Å². The van der Waals surface area contributed by atoms with Gasteiger partial charge in [0.25, 0.3) is 0 Å². The smallest absolute Gasteiger partial charge is 0.165 e. The fourth-order valence-corrected chi connectivity index (χ4v) is 7.26. The molecule has 0 radical (unpaired) electrons. The fourth-order valence-electron chi connectivity index (χ4n) is 7.26. The van der Waals surface area contributed by atoms with E-state index in [9.17, 15) is 0 Å². The predicted molar refractivity (Wildman–Crippen MR) is 183 cm³/mol. The molecule has 0 unspecified atom stereocenters. The molecule has 0 aliphatic heterocycles. The molecule has 0 N–H and O–H groups in total. The zero-order chi connectivity index (χ0) is 28.8. The second kappa shape index (κ2) is 8.76. The number of benzene rings is 6. The standard InChI is InChI=1S/C40H24N4/c1-2-13-25(14-3-1)37-40(42-32-21-9-8-20-31(32)41-37)44-35-24-12-19-29-27-16-5-4-15-26(27)28-17-6-10-22-33(28)43-34-23-11-7-18-30(34)38(44)39(43)36(29)35/h1-24H. The summed E-state index contributed by atoms with van der Waals surface area (Å²) in [4.78, 5) is 10.6. The fraction of sp³-hybridized carbons (Fsp3) is 0. The first-order valence-electron chi connectivity index (χ1n) is 15.0. The lowest BCUT2D eigenvalue weighted by atomic mass is 10.0. The van der Waals surface area contributed by atoms with E-state index in [0.717, 1.165) is 39.1 Å². The minimum absolute atomic E-state index is 0.829. The van der Waals surface area contributed by atoms with Crippen LogP contribution in [-0.4, -0.2) is 18.9 Å². The van der Waals surface area contributed by atoms with E-state index in [2.05, 4.69) is 130 Å². The van der Waals surface area contributed by atoms with Gasteiger partial charge in [-0.2, -0.15) is 0 Å². The maximum Gasteiger partial charge on any atom is 0.165 e. The molecule has 0 amide bonds. The summed E-state index contributed by atoms with van der Waals surface area (Å²) < 4.78 is 4.83. The van der Waals surface area contributed by atoms with Crippen LogP contribution in [0.1, 0.15) is 0 Å². The molecule has 4 aromatic heterocycles. The molecular formula is C40H24N4. The van der Waals surface area contributed by atoms with E-state index in [1.165, 1.54) is 48.9 Å². The Labute approximate surface area is 252 Å². The molecule has 0 atom stereocenters. The summed E-state index contributed by atoms with van der Waals surface area (Å²) in [5.41, 5.74) is 9.44. The van der Waals surface area contributed by atoms with Gasteiger partial charge in [-0.1, -0.05) is 115 Å². The van der Waals surface area contributed by atoms with Crippen LogP contribution in [0.3, 0.4) is 0 Å². The molecule has 44 heavy (non-hydrogen) atoms. The zero-order valence-electron chi connectivity index (χ0n) is 23.6. The molecule has 0 saturated carbocycles. The van der Waals surface area contributed by atoms with Gasteiger partial charge in [0.1, 0.15) is 5.69 Å². The average Bonchev–Trinajstić information content (AvgIpc) is 3.60. The van der Waals surface area contributed by atoms with Gasteiger partial charge >= 0.3 is 0 Å². The van der Waals surface area contributed by atoms with Crippen molar-refractivity contribution < 1.29 is 0 Å². The molecule has 0 aliphatic carbocycles. The third-order valence-electron chi connectivity index (χ3n) is 9.06. The van der Waals surface area contributed by atoms with Gasteiger partial charge in [-0.05, 0) is 46.5 Å². The number of hydrogen-bond donors (Lipinski definition) is 0. The second-order valence-corrected chi connectivity index (χ2v) is 11.4. The number of hydrogen-bond acceptors (Lipinski definition) is 2. The van der Waals surface area contributed by atoms with Gasteiger partial charge in [-0.3, -0.25) is 4.57 Å². The Kier molecular flexibility index (Phi) is 4.69. The highest BCUT2D eigenvalue weighted by atomic mass is 15.1. The summed E-state index contributed by atoms with van der Waals surface area (Å²) in [6, 6.07) is 51.6. The topological polar surface area (TPSA) is 35.1 Å². The highest BCUT2D eigenvalue weighted by Crippen LogP contribution is 2.44. The first-order valence-corrected chi connectivity index (χ1v) is 15.0. The van der Waals surface area contributed by atoms with Crippen molar-refractivity contribution in [2.75, 3.05) is 0 Å². The number of fused-ring (bicyclic) bond motifs is 9. The van der Waals surface area contributed by atoms with E-state index in [1.807, 2.05) is 24.3 Å². The Hall–Kier alpha value is -6.00. The van der Waals surface area contributed by atoms with Crippen molar-refractivity contribution in [2.24, 2.45) is 0 Å². The van der Waals surface area contributed by atoms with Crippen LogP contribution in [0.4, 0.5) is 0 Å². The number of aromatic nitrogens is 4. The number of nitrogens with zero attached hydrogens (tertiary/aromatic N) is 4. The molecule has 0 aliphatic rings. The monoisotopic (exact) mass is 560 g/mol. The van der Waals surface area contributed by atoms with E-state index in [1.54, 1.807) is 0 Å². The van der Waals surface area contributed by atoms with Gasteiger partial charge in [-0.25, -0.2) is 9.97 Å². The van der Waals surface area contributed by atoms with E-state index in [4.69, 9.17) is 9.97 Å². The molecule has 0 spiro atoms. The maximum absolute atomic E-state index is 5.39. The zero-order valence-corrected chi connectivity index (χ0v) is 23.6. The number of para-hydroxylation sites is 4. The molecule has 4 heterocycles. The van der Waals surface area contributed by atoms with Crippen LogP contribution in [0, 0.1) is 0 Å². The van der Waals surface area contributed by atoms with Gasteiger partial charge in [-0.15, -0.1) is 0 Å². The van der Waals surface area contributed by atoms with Gasteiger partial charge in [0.15, 0.2) is 5.82 Å². The summed E-state index contributed by atoms with van der Waals surface area (Å²) in [5, 5.41) is 7.30. The summed E-state index contributed by atoms with van der Waals surface area (Å²) >= 11 is 0. The van der Waals surface area contributed by atoms with Crippen molar-refractivity contribution in [1.29, 1.82) is 0 Å². The molecule has 4 heteroatoms. The first kappa shape index (κ1) is 23.6. The van der Waals surface area contributed by atoms with Crippen LogP contribution < -0.4 is 0 Å². The minimum Gasteiger partial charge on any atom is -0.306 e. The third kappa shape index (κ3) is 3.06.